The molecule has 0 unspecified atom stereocenters. The number of fused-ring (bicyclic) bond motifs is 2. The van der Waals surface area contributed by atoms with E-state index in [1.807, 2.05) is 6.33 Å². The molecule has 6 rings (SSSR count). The van der Waals surface area contributed by atoms with E-state index in [0.29, 0.717) is 11.4 Å². The third-order valence-corrected chi connectivity index (χ3v) is 7.96. The molecule has 1 aromatic carbocycles. The van der Waals surface area contributed by atoms with Gasteiger partial charge in [-0.1, -0.05) is 31.4 Å². The molecule has 0 atom stereocenters. The Morgan fingerprint density at radius 1 is 1.09 bits per heavy atom. The summed E-state index contributed by atoms with van der Waals surface area (Å²) < 4.78 is 2.36. The lowest BCUT2D eigenvalue weighted by Gasteiger charge is -2.23. The van der Waals surface area contributed by atoms with Crippen molar-refractivity contribution in [2.24, 2.45) is 0 Å². The molecule has 6 nitrogen and oxygen atoms in total. The second-order valence-corrected chi connectivity index (χ2v) is 9.57. The zero-order valence-electron chi connectivity index (χ0n) is 17.8. The van der Waals surface area contributed by atoms with Crippen molar-refractivity contribution in [3.8, 4) is 10.4 Å². The first-order valence-corrected chi connectivity index (χ1v) is 12.0. The van der Waals surface area contributed by atoms with Crippen molar-refractivity contribution in [1.29, 1.82) is 0 Å². The van der Waals surface area contributed by atoms with Crippen molar-refractivity contribution in [2.45, 2.75) is 44.6 Å². The van der Waals surface area contributed by atoms with Crippen LogP contribution in [-0.2, 0) is 0 Å². The van der Waals surface area contributed by atoms with Gasteiger partial charge in [0.15, 0.2) is 0 Å². The topological polar surface area (TPSA) is 75.6 Å². The Kier molecular flexibility index (Phi) is 5.88. The van der Waals surface area contributed by atoms with Gasteiger partial charge in [0, 0.05) is 17.5 Å². The van der Waals surface area contributed by atoms with E-state index in [-0.39, 0.29) is 18.0 Å². The Bertz CT molecular complexity index is 1360. The van der Waals surface area contributed by atoms with Gasteiger partial charge in [-0.25, -0.2) is 9.97 Å². The van der Waals surface area contributed by atoms with Gasteiger partial charge >= 0.3 is 0 Å². The Hall–Kier alpha value is -2.48. The summed E-state index contributed by atoms with van der Waals surface area (Å²) in [6, 6.07) is 7.07. The summed E-state index contributed by atoms with van der Waals surface area (Å²) in [4.78, 5) is 26.9. The molecule has 0 radical (unpaired) electrons. The first kappa shape index (κ1) is 21.4. The van der Waals surface area contributed by atoms with Crippen LogP contribution in [-0.4, -0.2) is 32.6 Å². The molecule has 3 aromatic heterocycles. The number of nitrogens with zero attached hydrogens (tertiary/aromatic N) is 3. The number of aromatic nitrogens is 4. The van der Waals surface area contributed by atoms with Crippen molar-refractivity contribution in [1.82, 2.24) is 24.8 Å². The van der Waals surface area contributed by atoms with Gasteiger partial charge in [-0.05, 0) is 49.1 Å². The van der Waals surface area contributed by atoms with Gasteiger partial charge in [0.25, 0.3) is 5.56 Å². The number of thiophene rings is 1. The molecule has 32 heavy (non-hydrogen) atoms. The molecular weight excluding hydrogens is 442 g/mol. The summed E-state index contributed by atoms with van der Waals surface area (Å²) in [5, 5.41) is 4.06. The molecule has 1 aliphatic carbocycles. The minimum Gasteiger partial charge on any atom is -0.327 e. The van der Waals surface area contributed by atoms with E-state index < -0.39 is 0 Å². The number of aromatic amines is 1. The lowest BCUT2D eigenvalue weighted by Crippen LogP contribution is -2.20. The van der Waals surface area contributed by atoms with Crippen molar-refractivity contribution in [2.75, 3.05) is 13.1 Å². The molecule has 1 fully saturated rings. The van der Waals surface area contributed by atoms with Crippen LogP contribution in [0.1, 0.15) is 49.4 Å². The Labute approximate surface area is 196 Å². The molecule has 8 heteroatoms. The first-order chi connectivity index (χ1) is 15.3. The van der Waals surface area contributed by atoms with Crippen molar-refractivity contribution in [3.63, 3.8) is 0 Å². The molecule has 2 N–H and O–H groups in total. The summed E-state index contributed by atoms with van der Waals surface area (Å²) in [5.74, 6) is 0. The SMILES string of the molecule is Cl.O=c1[nH]cnc2c(-c3ccc4c(c3)ncn4C3CCCCC3)sc(C3=CCNCC3)c12. The van der Waals surface area contributed by atoms with Gasteiger partial charge in [-0.15, -0.1) is 23.7 Å². The predicted molar refractivity (Wildman–Crippen MR) is 134 cm³/mol. The van der Waals surface area contributed by atoms with Crippen molar-refractivity contribution >= 4 is 51.3 Å². The highest BCUT2D eigenvalue weighted by Crippen LogP contribution is 2.41. The minimum atomic E-state index is -0.0652. The highest BCUT2D eigenvalue weighted by Gasteiger charge is 2.22. The molecule has 0 saturated heterocycles. The summed E-state index contributed by atoms with van der Waals surface area (Å²) in [5.41, 5.74) is 5.25. The number of imidazole rings is 1. The number of nitrogens with one attached hydrogen (secondary N) is 2. The van der Waals surface area contributed by atoms with E-state index in [9.17, 15) is 4.79 Å². The smallest absolute Gasteiger partial charge is 0.260 e. The van der Waals surface area contributed by atoms with Crippen LogP contribution in [0.3, 0.4) is 0 Å². The van der Waals surface area contributed by atoms with E-state index >= 15 is 0 Å². The molecule has 4 aromatic rings. The van der Waals surface area contributed by atoms with Crippen molar-refractivity contribution in [3.05, 3.63) is 52.2 Å². The Balaban J connectivity index is 0.00000216. The maximum atomic E-state index is 12.7. The summed E-state index contributed by atoms with van der Waals surface area (Å²) >= 11 is 1.68. The number of H-pyrrole nitrogens is 1. The maximum Gasteiger partial charge on any atom is 0.260 e. The van der Waals surface area contributed by atoms with Crippen LogP contribution in [0.25, 0.3) is 38.0 Å². The van der Waals surface area contributed by atoms with Crippen LogP contribution in [0.4, 0.5) is 0 Å². The second-order valence-electron chi connectivity index (χ2n) is 8.55. The third-order valence-electron chi connectivity index (χ3n) is 6.66. The molecule has 0 amide bonds. The van der Waals surface area contributed by atoms with Crippen LogP contribution in [0.15, 0.2) is 41.7 Å². The fourth-order valence-corrected chi connectivity index (χ4v) is 6.37. The van der Waals surface area contributed by atoms with E-state index in [2.05, 4.69) is 44.1 Å². The van der Waals surface area contributed by atoms with Gasteiger partial charge in [0.05, 0.1) is 39.5 Å². The fourth-order valence-electron chi connectivity index (χ4n) is 5.06. The van der Waals surface area contributed by atoms with E-state index in [4.69, 9.17) is 4.98 Å². The zero-order valence-corrected chi connectivity index (χ0v) is 19.4. The van der Waals surface area contributed by atoms with Crippen LogP contribution in [0.5, 0.6) is 0 Å². The molecule has 166 valence electrons. The minimum absolute atomic E-state index is 0. The normalized spacial score (nSPS) is 17.4. The van der Waals surface area contributed by atoms with E-state index in [0.717, 1.165) is 45.9 Å². The van der Waals surface area contributed by atoms with Gasteiger partial charge in [0.2, 0.25) is 0 Å². The monoisotopic (exact) mass is 467 g/mol. The third kappa shape index (κ3) is 3.58. The largest absolute Gasteiger partial charge is 0.327 e. The van der Waals surface area contributed by atoms with Crippen LogP contribution >= 0.6 is 23.7 Å². The molecule has 1 saturated carbocycles. The molecular formula is C24H26ClN5OS. The first-order valence-electron chi connectivity index (χ1n) is 11.2. The standard InChI is InChI=1S/C24H25N5OS.ClH/c30-24-20-21(26-13-27-24)23(31-22(20)15-8-10-25-11-9-15)16-6-7-19-18(12-16)28-14-29(19)17-4-2-1-3-5-17;/h6-8,12-14,17,25H,1-5,9-11H2,(H,26,27,30);1H. The second kappa shape index (κ2) is 8.81. The van der Waals surface area contributed by atoms with Crippen LogP contribution in [0.2, 0.25) is 0 Å². The number of halogens is 1. The quantitative estimate of drug-likeness (QED) is 0.428. The number of hydrogen-bond acceptors (Lipinski definition) is 5. The van der Waals surface area contributed by atoms with E-state index in [1.165, 1.54) is 49.5 Å². The van der Waals surface area contributed by atoms with Crippen LogP contribution in [0, 0.1) is 0 Å². The summed E-state index contributed by atoms with van der Waals surface area (Å²) in [6.45, 7) is 1.77. The molecule has 0 bridgehead atoms. The predicted octanol–water partition coefficient (Wildman–Crippen LogP) is 5.31. The Morgan fingerprint density at radius 3 is 2.78 bits per heavy atom. The molecule has 2 aliphatic rings. The fraction of sp³-hybridized carbons (Fsp3) is 0.375. The number of benzene rings is 1. The lowest BCUT2D eigenvalue weighted by atomic mass is 9.95. The van der Waals surface area contributed by atoms with E-state index in [1.54, 1.807) is 11.3 Å². The highest BCUT2D eigenvalue weighted by atomic mass is 35.5. The average molecular weight is 468 g/mol. The van der Waals surface area contributed by atoms with Crippen LogP contribution < -0.4 is 10.9 Å². The highest BCUT2D eigenvalue weighted by molar-refractivity contribution is 7.18. The van der Waals surface area contributed by atoms with Gasteiger partial charge in [-0.3, -0.25) is 4.79 Å². The Morgan fingerprint density at radius 2 is 1.97 bits per heavy atom. The molecule has 1 aliphatic heterocycles. The summed E-state index contributed by atoms with van der Waals surface area (Å²) in [6.07, 6.45) is 13.1. The maximum absolute atomic E-state index is 12.7. The number of rotatable bonds is 3. The average Bonchev–Trinajstić information content (AvgIpc) is 3.42. The molecule has 4 heterocycles. The zero-order chi connectivity index (χ0) is 20.8. The lowest BCUT2D eigenvalue weighted by molar-refractivity contribution is 0.359. The number of hydrogen-bond donors (Lipinski definition) is 2. The summed E-state index contributed by atoms with van der Waals surface area (Å²) in [7, 11) is 0. The molecule has 0 spiro atoms. The van der Waals surface area contributed by atoms with Crippen molar-refractivity contribution < 1.29 is 0 Å². The van der Waals surface area contributed by atoms with Gasteiger partial charge in [0.1, 0.15) is 0 Å². The van der Waals surface area contributed by atoms with Gasteiger partial charge < -0.3 is 14.9 Å². The van der Waals surface area contributed by atoms with Gasteiger partial charge in [-0.2, -0.15) is 0 Å².